The van der Waals surface area contributed by atoms with Crippen LogP contribution < -0.4 is 5.32 Å². The van der Waals surface area contributed by atoms with Gasteiger partial charge in [0.2, 0.25) is 0 Å². The number of aromatic nitrogens is 2. The SMILES string of the molecule is O=C(Nc1nc(-c2ccccn2)cs1)c1ccccc1Br. The highest BCUT2D eigenvalue weighted by molar-refractivity contribution is 9.10. The number of carbonyl (C=O) groups is 1. The Bertz CT molecular complexity index is 773. The maximum Gasteiger partial charge on any atom is 0.258 e. The molecule has 0 saturated heterocycles. The quantitative estimate of drug-likeness (QED) is 0.761. The molecule has 0 spiro atoms. The number of hydrogen-bond donors (Lipinski definition) is 1. The summed E-state index contributed by atoms with van der Waals surface area (Å²) in [6, 6.07) is 12.9. The average Bonchev–Trinajstić information content (AvgIpc) is 2.97. The van der Waals surface area contributed by atoms with Crippen LogP contribution in [0.4, 0.5) is 5.13 Å². The Morgan fingerprint density at radius 2 is 1.90 bits per heavy atom. The van der Waals surface area contributed by atoms with E-state index in [0.29, 0.717) is 10.7 Å². The van der Waals surface area contributed by atoms with Crippen molar-refractivity contribution in [2.24, 2.45) is 0 Å². The van der Waals surface area contributed by atoms with Crippen LogP contribution >= 0.6 is 27.3 Å². The predicted octanol–water partition coefficient (Wildman–Crippen LogP) is 4.22. The number of thiazole rings is 1. The number of carbonyl (C=O) groups excluding carboxylic acids is 1. The predicted molar refractivity (Wildman–Crippen MR) is 87.4 cm³/mol. The van der Waals surface area contributed by atoms with Gasteiger partial charge in [0.1, 0.15) is 5.69 Å². The summed E-state index contributed by atoms with van der Waals surface area (Å²) in [7, 11) is 0. The first-order valence-electron chi connectivity index (χ1n) is 6.17. The second kappa shape index (κ2) is 6.15. The van der Waals surface area contributed by atoms with Crippen molar-refractivity contribution in [2.75, 3.05) is 5.32 Å². The Morgan fingerprint density at radius 3 is 2.67 bits per heavy atom. The summed E-state index contributed by atoms with van der Waals surface area (Å²) in [5, 5.41) is 5.23. The zero-order valence-electron chi connectivity index (χ0n) is 10.8. The number of rotatable bonds is 3. The second-order valence-electron chi connectivity index (χ2n) is 4.19. The minimum atomic E-state index is -0.190. The fourth-order valence-electron chi connectivity index (χ4n) is 1.77. The van der Waals surface area contributed by atoms with Gasteiger partial charge in [-0.3, -0.25) is 15.1 Å². The molecule has 3 rings (SSSR count). The molecule has 1 aromatic carbocycles. The van der Waals surface area contributed by atoms with Crippen LogP contribution in [-0.4, -0.2) is 15.9 Å². The number of nitrogens with zero attached hydrogens (tertiary/aromatic N) is 2. The number of anilines is 1. The van der Waals surface area contributed by atoms with Crippen LogP contribution in [0.1, 0.15) is 10.4 Å². The molecule has 3 aromatic rings. The Kier molecular flexibility index (Phi) is 4.08. The first-order chi connectivity index (χ1) is 10.2. The van der Waals surface area contributed by atoms with Crippen LogP contribution in [0, 0.1) is 0 Å². The van der Waals surface area contributed by atoms with Gasteiger partial charge in [-0.25, -0.2) is 4.98 Å². The van der Waals surface area contributed by atoms with E-state index in [1.807, 2.05) is 41.8 Å². The van der Waals surface area contributed by atoms with Crippen LogP contribution in [0.15, 0.2) is 58.5 Å². The molecule has 104 valence electrons. The van der Waals surface area contributed by atoms with E-state index >= 15 is 0 Å². The molecule has 0 aliphatic carbocycles. The lowest BCUT2D eigenvalue weighted by Gasteiger charge is -2.03. The van der Waals surface area contributed by atoms with Crippen molar-refractivity contribution in [1.29, 1.82) is 0 Å². The minimum absolute atomic E-state index is 0.190. The van der Waals surface area contributed by atoms with Gasteiger partial charge < -0.3 is 0 Å². The molecule has 2 heterocycles. The molecule has 0 aliphatic heterocycles. The van der Waals surface area contributed by atoms with Crippen LogP contribution in [0.5, 0.6) is 0 Å². The first-order valence-corrected chi connectivity index (χ1v) is 7.84. The standard InChI is InChI=1S/C15H10BrN3OS/c16-11-6-2-1-5-10(11)14(20)19-15-18-13(9-21-15)12-7-3-4-8-17-12/h1-9H,(H,18,19,20). The van der Waals surface area contributed by atoms with Gasteiger partial charge in [0.05, 0.1) is 11.3 Å². The summed E-state index contributed by atoms with van der Waals surface area (Å²) in [5.74, 6) is -0.190. The fourth-order valence-corrected chi connectivity index (χ4v) is 2.94. The lowest BCUT2D eigenvalue weighted by molar-refractivity contribution is 0.102. The molecule has 2 aromatic heterocycles. The first kappa shape index (κ1) is 13.9. The molecule has 0 radical (unpaired) electrons. The summed E-state index contributed by atoms with van der Waals surface area (Å²) in [5.41, 5.74) is 2.12. The highest BCUT2D eigenvalue weighted by atomic mass is 79.9. The third kappa shape index (κ3) is 3.17. The van der Waals surface area contributed by atoms with Gasteiger partial charge in [-0.05, 0) is 40.2 Å². The van der Waals surface area contributed by atoms with Crippen molar-refractivity contribution >= 4 is 38.3 Å². The van der Waals surface area contributed by atoms with E-state index in [9.17, 15) is 4.79 Å². The maximum absolute atomic E-state index is 12.2. The van der Waals surface area contributed by atoms with Gasteiger partial charge in [0.25, 0.3) is 5.91 Å². The molecule has 0 fully saturated rings. The highest BCUT2D eigenvalue weighted by Gasteiger charge is 2.12. The second-order valence-corrected chi connectivity index (χ2v) is 5.90. The number of halogens is 1. The minimum Gasteiger partial charge on any atom is -0.298 e. The van der Waals surface area contributed by atoms with Gasteiger partial charge in [0, 0.05) is 16.0 Å². The van der Waals surface area contributed by atoms with E-state index < -0.39 is 0 Å². The van der Waals surface area contributed by atoms with Crippen LogP contribution in [-0.2, 0) is 0 Å². The third-order valence-corrected chi connectivity index (χ3v) is 4.22. The average molecular weight is 360 g/mol. The van der Waals surface area contributed by atoms with Crippen molar-refractivity contribution in [3.63, 3.8) is 0 Å². The molecule has 21 heavy (non-hydrogen) atoms. The van der Waals surface area contributed by atoms with Gasteiger partial charge in [-0.15, -0.1) is 11.3 Å². The zero-order valence-corrected chi connectivity index (χ0v) is 13.2. The van der Waals surface area contributed by atoms with Crippen molar-refractivity contribution in [2.45, 2.75) is 0 Å². The summed E-state index contributed by atoms with van der Waals surface area (Å²) < 4.78 is 0.754. The van der Waals surface area contributed by atoms with Gasteiger partial charge in [-0.1, -0.05) is 18.2 Å². The number of hydrogen-bond acceptors (Lipinski definition) is 4. The third-order valence-electron chi connectivity index (χ3n) is 2.77. The molecule has 0 unspecified atom stereocenters. The van der Waals surface area contributed by atoms with Crippen molar-refractivity contribution in [3.05, 3.63) is 64.1 Å². The van der Waals surface area contributed by atoms with Crippen LogP contribution in [0.2, 0.25) is 0 Å². The molecule has 0 aliphatic rings. The molecular formula is C15H10BrN3OS. The molecule has 6 heteroatoms. The monoisotopic (exact) mass is 359 g/mol. The Hall–Kier alpha value is -2.05. The number of pyridine rings is 1. The Balaban J connectivity index is 1.79. The van der Waals surface area contributed by atoms with Crippen LogP contribution in [0.3, 0.4) is 0 Å². The van der Waals surface area contributed by atoms with E-state index in [1.165, 1.54) is 11.3 Å². The highest BCUT2D eigenvalue weighted by Crippen LogP contribution is 2.24. The maximum atomic E-state index is 12.2. The smallest absolute Gasteiger partial charge is 0.258 e. The molecular weight excluding hydrogens is 350 g/mol. The fraction of sp³-hybridized carbons (Fsp3) is 0. The number of nitrogens with one attached hydrogen (secondary N) is 1. The Morgan fingerprint density at radius 1 is 1.10 bits per heavy atom. The largest absolute Gasteiger partial charge is 0.298 e. The van der Waals surface area contributed by atoms with Gasteiger partial charge in [0.15, 0.2) is 5.13 Å². The zero-order chi connectivity index (χ0) is 14.7. The van der Waals surface area contributed by atoms with Crippen molar-refractivity contribution < 1.29 is 4.79 Å². The van der Waals surface area contributed by atoms with E-state index in [1.54, 1.807) is 12.3 Å². The lowest BCUT2D eigenvalue weighted by atomic mass is 10.2. The lowest BCUT2D eigenvalue weighted by Crippen LogP contribution is -2.12. The Labute approximate surface area is 134 Å². The van der Waals surface area contributed by atoms with Gasteiger partial charge in [-0.2, -0.15) is 0 Å². The topological polar surface area (TPSA) is 54.9 Å². The van der Waals surface area contributed by atoms with Crippen molar-refractivity contribution in [1.82, 2.24) is 9.97 Å². The van der Waals surface area contributed by atoms with Crippen molar-refractivity contribution in [3.8, 4) is 11.4 Å². The van der Waals surface area contributed by atoms with E-state index in [2.05, 4.69) is 31.2 Å². The molecule has 4 nitrogen and oxygen atoms in total. The molecule has 1 N–H and O–H groups in total. The van der Waals surface area contributed by atoms with E-state index in [0.717, 1.165) is 15.9 Å². The summed E-state index contributed by atoms with van der Waals surface area (Å²) >= 11 is 4.74. The number of benzene rings is 1. The number of amides is 1. The molecule has 0 atom stereocenters. The summed E-state index contributed by atoms with van der Waals surface area (Å²) in [6.07, 6.45) is 1.72. The van der Waals surface area contributed by atoms with Gasteiger partial charge >= 0.3 is 0 Å². The normalized spacial score (nSPS) is 10.3. The summed E-state index contributed by atoms with van der Waals surface area (Å²) in [6.45, 7) is 0. The molecule has 0 saturated carbocycles. The molecule has 0 bridgehead atoms. The van der Waals surface area contributed by atoms with Crippen LogP contribution in [0.25, 0.3) is 11.4 Å². The molecule has 1 amide bonds. The van der Waals surface area contributed by atoms with E-state index in [-0.39, 0.29) is 5.91 Å². The van der Waals surface area contributed by atoms with E-state index in [4.69, 9.17) is 0 Å². The summed E-state index contributed by atoms with van der Waals surface area (Å²) in [4.78, 5) is 20.8.